The molecular weight excluding hydrogens is 282 g/mol. The van der Waals surface area contributed by atoms with Crippen molar-refractivity contribution in [1.82, 2.24) is 10.3 Å². The van der Waals surface area contributed by atoms with Gasteiger partial charge in [0.05, 0.1) is 22.5 Å². The molecule has 0 unspecified atom stereocenters. The normalized spacial score (nSPS) is 15.0. The Hall–Kier alpha value is -2.01. The number of aromatic nitrogens is 1. The van der Waals surface area contributed by atoms with Crippen molar-refractivity contribution in [3.8, 4) is 0 Å². The van der Waals surface area contributed by atoms with E-state index in [0.29, 0.717) is 6.54 Å². The summed E-state index contributed by atoms with van der Waals surface area (Å²) in [4.78, 5) is 21.2. The van der Waals surface area contributed by atoms with Gasteiger partial charge in [-0.1, -0.05) is 32.9 Å². The molecule has 3 rings (SSSR count). The molecule has 0 spiro atoms. The number of nitrogens with zero attached hydrogens (tertiary/aromatic N) is 2. The van der Waals surface area contributed by atoms with Crippen LogP contribution in [0.4, 0.5) is 0 Å². The maximum Gasteiger partial charge on any atom is 0.229 e. The van der Waals surface area contributed by atoms with Crippen molar-refractivity contribution in [2.45, 2.75) is 20.8 Å². The third kappa shape index (κ3) is 2.74. The summed E-state index contributed by atoms with van der Waals surface area (Å²) < 4.78 is 1.13. The summed E-state index contributed by atoms with van der Waals surface area (Å²) in [6.45, 7) is 6.27. The van der Waals surface area contributed by atoms with E-state index >= 15 is 0 Å². The number of carbonyl (C=O) groups excluding carboxylic acids is 1. The SMILES string of the molecule is CC(C)(C)C(=O)NC1=CCN=C1c1nc2ccccc2s1. The zero-order valence-electron chi connectivity index (χ0n) is 12.3. The van der Waals surface area contributed by atoms with E-state index in [4.69, 9.17) is 0 Å². The number of fused-ring (bicyclic) bond motifs is 1. The Balaban J connectivity index is 1.88. The smallest absolute Gasteiger partial charge is 0.229 e. The largest absolute Gasteiger partial charge is 0.324 e. The van der Waals surface area contributed by atoms with E-state index < -0.39 is 5.41 Å². The number of rotatable bonds is 2. The first kappa shape index (κ1) is 13.9. The Bertz CT molecular complexity index is 732. The van der Waals surface area contributed by atoms with Crippen molar-refractivity contribution in [1.29, 1.82) is 0 Å². The predicted octanol–water partition coefficient (Wildman–Crippen LogP) is 3.15. The van der Waals surface area contributed by atoms with Gasteiger partial charge in [0, 0.05) is 5.41 Å². The van der Waals surface area contributed by atoms with E-state index in [-0.39, 0.29) is 5.91 Å². The van der Waals surface area contributed by atoms with Crippen LogP contribution < -0.4 is 5.32 Å². The van der Waals surface area contributed by atoms with Crippen LogP contribution in [0.3, 0.4) is 0 Å². The number of aliphatic imine (C=N–C) groups is 1. The molecule has 2 aromatic rings. The monoisotopic (exact) mass is 299 g/mol. The summed E-state index contributed by atoms with van der Waals surface area (Å²) in [5.74, 6) is -0.00976. The molecule has 1 aliphatic heterocycles. The van der Waals surface area contributed by atoms with E-state index in [1.807, 2.05) is 51.1 Å². The van der Waals surface area contributed by atoms with Gasteiger partial charge in [-0.3, -0.25) is 9.79 Å². The summed E-state index contributed by atoms with van der Waals surface area (Å²) in [7, 11) is 0. The van der Waals surface area contributed by atoms with Crippen LogP contribution >= 0.6 is 11.3 Å². The molecule has 1 aromatic heterocycles. The first-order chi connectivity index (χ1) is 9.95. The molecule has 21 heavy (non-hydrogen) atoms. The van der Waals surface area contributed by atoms with Crippen molar-refractivity contribution in [3.05, 3.63) is 41.0 Å². The molecule has 1 N–H and O–H groups in total. The minimum absolute atomic E-state index is 0.00976. The lowest BCUT2D eigenvalue weighted by Crippen LogP contribution is -2.36. The highest BCUT2D eigenvalue weighted by Gasteiger charge is 2.26. The molecule has 1 amide bonds. The lowest BCUT2D eigenvalue weighted by Gasteiger charge is -2.18. The number of benzene rings is 1. The van der Waals surface area contributed by atoms with Gasteiger partial charge < -0.3 is 5.32 Å². The number of carbonyl (C=O) groups is 1. The molecule has 0 atom stereocenters. The van der Waals surface area contributed by atoms with Crippen LogP contribution in [0.25, 0.3) is 10.2 Å². The van der Waals surface area contributed by atoms with Gasteiger partial charge in [0.15, 0.2) is 0 Å². The van der Waals surface area contributed by atoms with E-state index in [1.54, 1.807) is 11.3 Å². The average Bonchev–Trinajstić information content (AvgIpc) is 3.02. The Morgan fingerprint density at radius 2 is 2.05 bits per heavy atom. The van der Waals surface area contributed by atoms with E-state index in [9.17, 15) is 4.79 Å². The van der Waals surface area contributed by atoms with Gasteiger partial charge in [-0.2, -0.15) is 0 Å². The van der Waals surface area contributed by atoms with Gasteiger partial charge >= 0.3 is 0 Å². The third-order valence-corrected chi connectivity index (χ3v) is 4.27. The van der Waals surface area contributed by atoms with Gasteiger partial charge in [-0.15, -0.1) is 11.3 Å². The number of thiazole rings is 1. The molecule has 2 heterocycles. The number of amides is 1. The molecule has 0 fully saturated rings. The fourth-order valence-corrected chi connectivity index (χ4v) is 2.97. The summed E-state index contributed by atoms with van der Waals surface area (Å²) in [6, 6.07) is 8.00. The van der Waals surface area contributed by atoms with Crippen molar-refractivity contribution in [2.24, 2.45) is 10.4 Å². The Morgan fingerprint density at radius 1 is 1.29 bits per heavy atom. The van der Waals surface area contributed by atoms with Crippen LogP contribution in [-0.2, 0) is 4.79 Å². The van der Waals surface area contributed by atoms with Crippen molar-refractivity contribution < 1.29 is 4.79 Å². The Morgan fingerprint density at radius 3 is 2.76 bits per heavy atom. The van der Waals surface area contributed by atoms with E-state index in [0.717, 1.165) is 26.6 Å². The molecule has 0 bridgehead atoms. The topological polar surface area (TPSA) is 54.4 Å². The summed E-state index contributed by atoms with van der Waals surface area (Å²) in [5, 5.41) is 3.83. The highest BCUT2D eigenvalue weighted by molar-refractivity contribution is 7.20. The quantitative estimate of drug-likeness (QED) is 0.926. The third-order valence-electron chi connectivity index (χ3n) is 3.23. The summed E-state index contributed by atoms with van der Waals surface area (Å²) in [6.07, 6.45) is 1.94. The molecule has 0 aliphatic carbocycles. The fourth-order valence-electron chi connectivity index (χ4n) is 1.99. The highest BCUT2D eigenvalue weighted by atomic mass is 32.1. The van der Waals surface area contributed by atoms with Gasteiger partial charge in [-0.05, 0) is 18.2 Å². The van der Waals surface area contributed by atoms with Crippen molar-refractivity contribution >= 4 is 33.2 Å². The van der Waals surface area contributed by atoms with E-state index in [1.165, 1.54) is 0 Å². The van der Waals surface area contributed by atoms with E-state index in [2.05, 4.69) is 15.3 Å². The number of nitrogens with one attached hydrogen (secondary N) is 1. The molecule has 108 valence electrons. The number of hydrogen-bond acceptors (Lipinski definition) is 4. The molecule has 0 saturated carbocycles. The van der Waals surface area contributed by atoms with Crippen molar-refractivity contribution in [3.63, 3.8) is 0 Å². The second kappa shape index (κ2) is 5.07. The molecule has 0 radical (unpaired) electrons. The fraction of sp³-hybridized carbons (Fsp3) is 0.312. The van der Waals surface area contributed by atoms with Gasteiger partial charge in [0.2, 0.25) is 5.91 Å². The molecule has 4 nitrogen and oxygen atoms in total. The van der Waals surface area contributed by atoms with Crippen molar-refractivity contribution in [2.75, 3.05) is 6.54 Å². The molecule has 0 saturated heterocycles. The Kier molecular flexibility index (Phi) is 3.37. The molecule has 1 aliphatic rings. The lowest BCUT2D eigenvalue weighted by atomic mass is 9.95. The minimum Gasteiger partial charge on any atom is -0.324 e. The molecule has 5 heteroatoms. The van der Waals surface area contributed by atoms with Crippen LogP contribution in [-0.4, -0.2) is 23.1 Å². The maximum atomic E-state index is 12.1. The Labute approximate surface area is 127 Å². The molecular formula is C16H17N3OS. The molecule has 1 aromatic carbocycles. The van der Waals surface area contributed by atoms with Gasteiger partial charge in [0.25, 0.3) is 0 Å². The minimum atomic E-state index is -0.428. The second-order valence-electron chi connectivity index (χ2n) is 6.00. The van der Waals surface area contributed by atoms with Gasteiger partial charge in [0.1, 0.15) is 10.7 Å². The number of allylic oxidation sites excluding steroid dienone is 1. The highest BCUT2D eigenvalue weighted by Crippen LogP contribution is 2.25. The van der Waals surface area contributed by atoms with Crippen LogP contribution in [0.2, 0.25) is 0 Å². The second-order valence-corrected chi connectivity index (χ2v) is 7.03. The first-order valence-corrected chi connectivity index (χ1v) is 7.69. The number of hydrogen-bond donors (Lipinski definition) is 1. The summed E-state index contributed by atoms with van der Waals surface area (Å²) >= 11 is 1.60. The van der Waals surface area contributed by atoms with Crippen LogP contribution in [0.5, 0.6) is 0 Å². The van der Waals surface area contributed by atoms with Crippen LogP contribution in [0, 0.1) is 5.41 Å². The average molecular weight is 299 g/mol. The standard InChI is InChI=1S/C16H17N3OS/c1-16(2,3)15(20)19-11-8-9-17-13(11)14-18-10-6-4-5-7-12(10)21-14/h4-8H,9H2,1-3H3,(H,19,20). The zero-order chi connectivity index (χ0) is 15.0. The lowest BCUT2D eigenvalue weighted by molar-refractivity contribution is -0.127. The zero-order valence-corrected chi connectivity index (χ0v) is 13.1. The predicted molar refractivity (Wildman–Crippen MR) is 86.7 cm³/mol. The number of para-hydroxylation sites is 1. The summed E-state index contributed by atoms with van der Waals surface area (Å²) in [5.41, 5.74) is 2.10. The van der Waals surface area contributed by atoms with Crippen LogP contribution in [0.15, 0.2) is 41.0 Å². The van der Waals surface area contributed by atoms with Gasteiger partial charge in [-0.25, -0.2) is 4.98 Å². The maximum absolute atomic E-state index is 12.1. The first-order valence-electron chi connectivity index (χ1n) is 6.87. The van der Waals surface area contributed by atoms with Crippen LogP contribution in [0.1, 0.15) is 25.8 Å².